The van der Waals surface area contributed by atoms with Crippen LogP contribution in [0.4, 0.5) is 0 Å². The highest BCUT2D eigenvalue weighted by Crippen LogP contribution is 2.06. The fraction of sp³-hybridized carbons (Fsp3) is 0.316. The van der Waals surface area contributed by atoms with E-state index < -0.39 is 0 Å². The van der Waals surface area contributed by atoms with E-state index in [4.69, 9.17) is 11.6 Å². The van der Waals surface area contributed by atoms with Crippen LogP contribution in [0.25, 0.3) is 0 Å². The van der Waals surface area contributed by atoms with Crippen LogP contribution in [0.1, 0.15) is 28.4 Å². The number of carbonyl (C=O) groups is 1. The number of carbonyl (C=O) groups excluding carboxylic acids is 1. The monoisotopic (exact) mass is 373 g/mol. The van der Waals surface area contributed by atoms with Crippen LogP contribution in [-0.4, -0.2) is 37.0 Å². The lowest BCUT2D eigenvalue weighted by Gasteiger charge is -2.11. The number of rotatable bonds is 7. The van der Waals surface area contributed by atoms with Gasteiger partial charge in [-0.1, -0.05) is 29.8 Å². The Morgan fingerprint density at radius 2 is 1.85 bits per heavy atom. The van der Waals surface area contributed by atoms with E-state index in [0.29, 0.717) is 17.3 Å². The summed E-state index contributed by atoms with van der Waals surface area (Å²) >= 11 is 5.79. The SMILES string of the molecule is CCNC(=NCc1ccc(C(=O)NC)cc1)NCCc1ccc(Cl)nc1. The number of nitrogens with one attached hydrogen (secondary N) is 3. The molecule has 6 nitrogen and oxygen atoms in total. The van der Waals surface area contributed by atoms with Gasteiger partial charge in [-0.15, -0.1) is 0 Å². The molecule has 7 heteroatoms. The molecule has 0 aliphatic heterocycles. The molecule has 3 N–H and O–H groups in total. The minimum atomic E-state index is -0.0910. The summed E-state index contributed by atoms with van der Waals surface area (Å²) in [6.07, 6.45) is 2.61. The topological polar surface area (TPSA) is 78.4 Å². The second kappa shape index (κ2) is 10.4. The van der Waals surface area contributed by atoms with E-state index in [0.717, 1.165) is 36.6 Å². The zero-order valence-electron chi connectivity index (χ0n) is 15.1. The number of guanidine groups is 1. The normalized spacial score (nSPS) is 11.1. The molecule has 0 saturated heterocycles. The summed E-state index contributed by atoms with van der Waals surface area (Å²) < 4.78 is 0. The van der Waals surface area contributed by atoms with Crippen molar-refractivity contribution in [1.29, 1.82) is 0 Å². The predicted molar refractivity (Wildman–Crippen MR) is 106 cm³/mol. The maximum absolute atomic E-state index is 11.6. The Morgan fingerprint density at radius 3 is 2.46 bits per heavy atom. The van der Waals surface area contributed by atoms with Crippen molar-refractivity contribution in [2.24, 2.45) is 4.99 Å². The van der Waals surface area contributed by atoms with Crippen LogP contribution in [0.3, 0.4) is 0 Å². The van der Waals surface area contributed by atoms with Gasteiger partial charge in [-0.25, -0.2) is 9.98 Å². The molecule has 26 heavy (non-hydrogen) atoms. The molecule has 1 amide bonds. The molecule has 0 spiro atoms. The Balaban J connectivity index is 1.89. The molecule has 1 heterocycles. The van der Waals surface area contributed by atoms with E-state index in [1.54, 1.807) is 31.4 Å². The highest BCUT2D eigenvalue weighted by Gasteiger charge is 2.03. The van der Waals surface area contributed by atoms with Crippen LogP contribution < -0.4 is 16.0 Å². The molecule has 0 fully saturated rings. The summed E-state index contributed by atoms with van der Waals surface area (Å²) in [5, 5.41) is 9.64. The Morgan fingerprint density at radius 1 is 1.12 bits per heavy atom. The Labute approximate surface area is 159 Å². The third-order valence-electron chi connectivity index (χ3n) is 3.70. The number of aliphatic imine (C=N–C) groups is 1. The average molecular weight is 374 g/mol. The van der Waals surface area contributed by atoms with Gasteiger partial charge in [0.05, 0.1) is 6.54 Å². The van der Waals surface area contributed by atoms with Gasteiger partial charge < -0.3 is 16.0 Å². The van der Waals surface area contributed by atoms with E-state index in [1.165, 1.54) is 0 Å². The van der Waals surface area contributed by atoms with Gasteiger partial charge in [-0.3, -0.25) is 4.79 Å². The summed E-state index contributed by atoms with van der Waals surface area (Å²) in [5.74, 6) is 0.663. The van der Waals surface area contributed by atoms with Crippen LogP contribution in [0.15, 0.2) is 47.6 Å². The number of pyridine rings is 1. The number of aromatic nitrogens is 1. The fourth-order valence-corrected chi connectivity index (χ4v) is 2.41. The van der Waals surface area contributed by atoms with Gasteiger partial charge >= 0.3 is 0 Å². The number of hydrogen-bond donors (Lipinski definition) is 3. The molecule has 0 saturated carbocycles. The molecule has 0 aliphatic carbocycles. The molecular formula is C19H24ClN5O. The summed E-state index contributed by atoms with van der Waals surface area (Å²) in [5.41, 5.74) is 2.79. The van der Waals surface area contributed by atoms with Crippen molar-refractivity contribution in [2.75, 3.05) is 20.1 Å². The first-order chi connectivity index (χ1) is 12.6. The van der Waals surface area contributed by atoms with Gasteiger partial charge in [0.2, 0.25) is 0 Å². The largest absolute Gasteiger partial charge is 0.357 e. The van der Waals surface area contributed by atoms with Crippen molar-refractivity contribution in [3.8, 4) is 0 Å². The molecule has 0 bridgehead atoms. The first kappa shape index (κ1) is 19.7. The molecule has 0 unspecified atom stereocenters. The number of benzene rings is 1. The minimum Gasteiger partial charge on any atom is -0.357 e. The maximum Gasteiger partial charge on any atom is 0.251 e. The quantitative estimate of drug-likeness (QED) is 0.395. The number of nitrogens with zero attached hydrogens (tertiary/aromatic N) is 2. The van der Waals surface area contributed by atoms with Crippen molar-refractivity contribution < 1.29 is 4.79 Å². The molecule has 0 atom stereocenters. The van der Waals surface area contributed by atoms with Crippen LogP contribution >= 0.6 is 11.6 Å². The van der Waals surface area contributed by atoms with Crippen LogP contribution in [-0.2, 0) is 13.0 Å². The van der Waals surface area contributed by atoms with E-state index >= 15 is 0 Å². The number of hydrogen-bond acceptors (Lipinski definition) is 3. The smallest absolute Gasteiger partial charge is 0.251 e. The van der Waals surface area contributed by atoms with Gasteiger partial charge in [0, 0.05) is 31.9 Å². The summed E-state index contributed by atoms with van der Waals surface area (Å²) in [6.45, 7) is 4.08. The van der Waals surface area contributed by atoms with Crippen LogP contribution in [0.5, 0.6) is 0 Å². The van der Waals surface area contributed by atoms with Gasteiger partial charge in [0.25, 0.3) is 5.91 Å². The molecule has 0 aliphatic rings. The molecule has 2 rings (SSSR count). The highest BCUT2D eigenvalue weighted by molar-refractivity contribution is 6.29. The summed E-state index contributed by atoms with van der Waals surface area (Å²) in [7, 11) is 1.62. The van der Waals surface area contributed by atoms with Crippen LogP contribution in [0.2, 0.25) is 5.15 Å². The van der Waals surface area contributed by atoms with E-state index in [2.05, 4.69) is 25.9 Å². The second-order valence-electron chi connectivity index (χ2n) is 5.64. The fourth-order valence-electron chi connectivity index (χ4n) is 2.30. The molecule has 2 aromatic rings. The summed E-state index contributed by atoms with van der Waals surface area (Å²) in [6, 6.07) is 11.2. The van der Waals surface area contributed by atoms with Crippen LogP contribution in [0, 0.1) is 0 Å². The lowest BCUT2D eigenvalue weighted by atomic mass is 10.1. The standard InChI is InChI=1S/C19H24ClN5O/c1-3-22-19(23-11-10-15-6-9-17(20)24-12-15)25-13-14-4-7-16(8-5-14)18(26)21-2/h4-9,12H,3,10-11,13H2,1-2H3,(H,21,26)(H2,22,23,25). The van der Waals surface area contributed by atoms with Gasteiger partial charge in [-0.05, 0) is 42.7 Å². The Bertz CT molecular complexity index is 729. The van der Waals surface area contributed by atoms with Gasteiger partial charge in [0.15, 0.2) is 5.96 Å². The molecule has 1 aromatic heterocycles. The zero-order chi connectivity index (χ0) is 18.8. The first-order valence-electron chi connectivity index (χ1n) is 8.56. The minimum absolute atomic E-state index is 0.0910. The number of amides is 1. The van der Waals surface area contributed by atoms with E-state index in [9.17, 15) is 4.79 Å². The third kappa shape index (κ3) is 6.37. The van der Waals surface area contributed by atoms with Crippen molar-refractivity contribution in [3.63, 3.8) is 0 Å². The van der Waals surface area contributed by atoms with Crippen molar-refractivity contribution in [3.05, 3.63) is 64.4 Å². The van der Waals surface area contributed by atoms with Crippen molar-refractivity contribution >= 4 is 23.5 Å². The van der Waals surface area contributed by atoms with E-state index in [1.807, 2.05) is 25.1 Å². The van der Waals surface area contributed by atoms with Crippen molar-refractivity contribution in [2.45, 2.75) is 19.9 Å². The lowest BCUT2D eigenvalue weighted by molar-refractivity contribution is 0.0963. The summed E-state index contributed by atoms with van der Waals surface area (Å²) in [4.78, 5) is 20.2. The molecule has 0 radical (unpaired) electrons. The maximum atomic E-state index is 11.6. The number of halogens is 1. The average Bonchev–Trinajstić information content (AvgIpc) is 2.67. The van der Waals surface area contributed by atoms with Gasteiger partial charge in [0.1, 0.15) is 5.15 Å². The molecule has 138 valence electrons. The Kier molecular flexibility index (Phi) is 7.89. The predicted octanol–water partition coefficient (Wildman–Crippen LogP) is 2.39. The van der Waals surface area contributed by atoms with Crippen molar-refractivity contribution in [1.82, 2.24) is 20.9 Å². The van der Waals surface area contributed by atoms with E-state index in [-0.39, 0.29) is 5.91 Å². The molecule has 1 aromatic carbocycles. The lowest BCUT2D eigenvalue weighted by Crippen LogP contribution is -2.38. The highest BCUT2D eigenvalue weighted by atomic mass is 35.5. The Hall–Kier alpha value is -2.60. The molecular weight excluding hydrogens is 350 g/mol. The van der Waals surface area contributed by atoms with Gasteiger partial charge in [-0.2, -0.15) is 0 Å². The zero-order valence-corrected chi connectivity index (χ0v) is 15.8. The first-order valence-corrected chi connectivity index (χ1v) is 8.93. The second-order valence-corrected chi connectivity index (χ2v) is 6.02. The third-order valence-corrected chi connectivity index (χ3v) is 3.93.